The molecule has 3 aromatic carbocycles. The van der Waals surface area contributed by atoms with Crippen molar-refractivity contribution in [2.24, 2.45) is 0 Å². The molecule has 1 aliphatic heterocycles. The van der Waals surface area contributed by atoms with Crippen molar-refractivity contribution >= 4 is 28.7 Å². The number of carbonyl (C=O) groups is 2. The van der Waals surface area contributed by atoms with Crippen molar-refractivity contribution < 1.29 is 14.3 Å². The zero-order chi connectivity index (χ0) is 21.3. The van der Waals surface area contributed by atoms with Crippen LogP contribution in [0.4, 0.5) is 0 Å². The van der Waals surface area contributed by atoms with Crippen molar-refractivity contribution in [1.82, 2.24) is 4.90 Å². The second-order valence-electron chi connectivity index (χ2n) is 7.34. The molecule has 4 heteroatoms. The number of allylic oxidation sites excluding steroid dienone is 1. The molecule has 150 valence electrons. The summed E-state index contributed by atoms with van der Waals surface area (Å²) in [6.07, 6.45) is 1.80. The topological polar surface area (TPSA) is 46.6 Å². The summed E-state index contributed by atoms with van der Waals surface area (Å²) in [7, 11) is 1.34. The summed E-state index contributed by atoms with van der Waals surface area (Å²) in [6, 6.07) is 23.5. The van der Waals surface area contributed by atoms with Crippen LogP contribution >= 0.6 is 0 Å². The Balaban J connectivity index is 1.86. The van der Waals surface area contributed by atoms with E-state index in [0.717, 1.165) is 21.9 Å². The van der Waals surface area contributed by atoms with Crippen LogP contribution in [0.5, 0.6) is 0 Å². The molecule has 0 spiro atoms. The maximum atomic E-state index is 13.5. The average Bonchev–Trinajstić information content (AvgIpc) is 3.03. The van der Waals surface area contributed by atoms with Gasteiger partial charge in [-0.25, -0.2) is 4.79 Å². The van der Waals surface area contributed by atoms with E-state index in [1.165, 1.54) is 7.11 Å². The fraction of sp³-hybridized carbons (Fsp3) is 0.154. The first-order chi connectivity index (χ1) is 14.5. The van der Waals surface area contributed by atoms with E-state index in [-0.39, 0.29) is 11.9 Å². The van der Waals surface area contributed by atoms with E-state index < -0.39 is 5.97 Å². The van der Waals surface area contributed by atoms with E-state index in [2.05, 4.69) is 0 Å². The van der Waals surface area contributed by atoms with Crippen LogP contribution in [0.3, 0.4) is 0 Å². The normalized spacial score (nSPS) is 16.4. The number of benzene rings is 3. The Labute approximate surface area is 176 Å². The van der Waals surface area contributed by atoms with Crippen LogP contribution in [0, 0.1) is 0 Å². The maximum Gasteiger partial charge on any atom is 0.340 e. The molecule has 1 atom stereocenters. The van der Waals surface area contributed by atoms with Crippen molar-refractivity contribution in [3.8, 4) is 0 Å². The lowest BCUT2D eigenvalue weighted by molar-refractivity contribution is -0.136. The molecule has 0 saturated carbocycles. The molecule has 0 radical (unpaired) electrons. The molecule has 0 aliphatic carbocycles. The summed E-state index contributed by atoms with van der Waals surface area (Å²) < 4.78 is 5.03. The Bertz CT molecular complexity index is 1190. The number of ether oxygens (including phenoxy) is 1. The molecule has 0 unspecified atom stereocenters. The standard InChI is InChI=1S/C26H23NO3/c1-17(19-10-5-4-6-11-19)27-18(2)24(26(29)30-3)23(25(27)28)16-21-14-9-13-20-12-7-8-15-22(20)21/h4-17H,1-3H3/b23-16-/t17-/m1/s1. The van der Waals surface area contributed by atoms with Gasteiger partial charge in [0.05, 0.1) is 24.3 Å². The molecule has 0 fully saturated rings. The van der Waals surface area contributed by atoms with Crippen molar-refractivity contribution in [2.75, 3.05) is 7.11 Å². The highest BCUT2D eigenvalue weighted by molar-refractivity contribution is 6.17. The van der Waals surface area contributed by atoms with E-state index in [4.69, 9.17) is 4.74 Å². The number of nitrogens with zero attached hydrogens (tertiary/aromatic N) is 1. The Morgan fingerprint density at radius 1 is 0.967 bits per heavy atom. The van der Waals surface area contributed by atoms with Crippen molar-refractivity contribution in [3.63, 3.8) is 0 Å². The predicted molar refractivity (Wildman–Crippen MR) is 118 cm³/mol. The molecule has 4 rings (SSSR count). The summed E-state index contributed by atoms with van der Waals surface area (Å²) in [5.74, 6) is -0.702. The Morgan fingerprint density at radius 2 is 1.63 bits per heavy atom. The van der Waals surface area contributed by atoms with Gasteiger partial charge >= 0.3 is 5.97 Å². The molecule has 0 aromatic heterocycles. The zero-order valence-corrected chi connectivity index (χ0v) is 17.3. The fourth-order valence-electron chi connectivity index (χ4n) is 4.08. The fourth-order valence-corrected chi connectivity index (χ4v) is 4.08. The number of carbonyl (C=O) groups excluding carboxylic acids is 2. The molecule has 4 nitrogen and oxygen atoms in total. The summed E-state index contributed by atoms with van der Waals surface area (Å²) in [6.45, 7) is 3.76. The first kappa shape index (κ1) is 19.6. The van der Waals surface area contributed by atoms with Gasteiger partial charge < -0.3 is 9.64 Å². The number of fused-ring (bicyclic) bond motifs is 1. The second-order valence-corrected chi connectivity index (χ2v) is 7.34. The minimum atomic E-state index is -0.505. The van der Waals surface area contributed by atoms with Crippen molar-refractivity contribution in [2.45, 2.75) is 19.9 Å². The molecule has 3 aromatic rings. The van der Waals surface area contributed by atoms with Crippen LogP contribution in [0.15, 0.2) is 89.6 Å². The Kier molecular flexibility index (Phi) is 5.23. The number of hydrogen-bond acceptors (Lipinski definition) is 3. The first-order valence-corrected chi connectivity index (χ1v) is 9.90. The third kappa shape index (κ3) is 3.30. The maximum absolute atomic E-state index is 13.5. The molecule has 1 aliphatic rings. The number of methoxy groups -OCH3 is 1. The number of esters is 1. The highest BCUT2D eigenvalue weighted by atomic mass is 16.5. The van der Waals surface area contributed by atoms with Gasteiger partial charge in [-0.15, -0.1) is 0 Å². The SMILES string of the molecule is COC(=O)C1=C(C)N([C@H](C)c2ccccc2)C(=O)/C1=C\c1cccc2ccccc12. The van der Waals surface area contributed by atoms with Gasteiger partial charge in [0, 0.05) is 5.70 Å². The Hall–Kier alpha value is -3.66. The molecule has 0 bridgehead atoms. The van der Waals surface area contributed by atoms with Crippen LogP contribution in [0.1, 0.15) is 31.0 Å². The van der Waals surface area contributed by atoms with Gasteiger partial charge in [0.1, 0.15) is 0 Å². The number of hydrogen-bond donors (Lipinski definition) is 0. The highest BCUT2D eigenvalue weighted by Crippen LogP contribution is 2.38. The third-order valence-corrected chi connectivity index (χ3v) is 5.62. The van der Waals surface area contributed by atoms with E-state index in [1.54, 1.807) is 17.9 Å². The van der Waals surface area contributed by atoms with Gasteiger partial charge in [0.2, 0.25) is 0 Å². The highest BCUT2D eigenvalue weighted by Gasteiger charge is 2.39. The Morgan fingerprint density at radius 3 is 2.37 bits per heavy atom. The average molecular weight is 397 g/mol. The minimum Gasteiger partial charge on any atom is -0.465 e. The van der Waals surface area contributed by atoms with Crippen LogP contribution in [-0.4, -0.2) is 23.9 Å². The summed E-state index contributed by atoms with van der Waals surface area (Å²) >= 11 is 0. The monoisotopic (exact) mass is 397 g/mol. The summed E-state index contributed by atoms with van der Waals surface area (Å²) in [5.41, 5.74) is 3.17. The lowest BCUT2D eigenvalue weighted by Gasteiger charge is -2.26. The van der Waals surface area contributed by atoms with Gasteiger partial charge in [-0.2, -0.15) is 0 Å². The van der Waals surface area contributed by atoms with Crippen molar-refractivity contribution in [3.05, 3.63) is 101 Å². The molecule has 0 N–H and O–H groups in total. The first-order valence-electron chi connectivity index (χ1n) is 9.90. The molecule has 0 saturated heterocycles. The van der Waals surface area contributed by atoms with Crippen LogP contribution in [0.25, 0.3) is 16.8 Å². The van der Waals surface area contributed by atoms with E-state index >= 15 is 0 Å². The quantitative estimate of drug-likeness (QED) is 0.445. The predicted octanol–water partition coefficient (Wildman–Crippen LogP) is 5.27. The van der Waals surface area contributed by atoms with E-state index in [1.807, 2.05) is 79.7 Å². The van der Waals surface area contributed by atoms with Gasteiger partial charge in [0.15, 0.2) is 0 Å². The minimum absolute atomic E-state index is 0.197. The van der Waals surface area contributed by atoms with Crippen LogP contribution < -0.4 is 0 Å². The van der Waals surface area contributed by atoms with Gasteiger partial charge in [-0.1, -0.05) is 72.8 Å². The lowest BCUT2D eigenvalue weighted by atomic mass is 9.99. The van der Waals surface area contributed by atoms with Crippen molar-refractivity contribution in [1.29, 1.82) is 0 Å². The third-order valence-electron chi connectivity index (χ3n) is 5.62. The van der Waals surface area contributed by atoms with Gasteiger partial charge in [0.25, 0.3) is 5.91 Å². The van der Waals surface area contributed by atoms with Gasteiger partial charge in [-0.3, -0.25) is 4.79 Å². The van der Waals surface area contributed by atoms with E-state index in [9.17, 15) is 9.59 Å². The van der Waals surface area contributed by atoms with Gasteiger partial charge in [-0.05, 0) is 41.8 Å². The van der Waals surface area contributed by atoms with E-state index in [0.29, 0.717) is 16.8 Å². The molecular weight excluding hydrogens is 374 g/mol. The number of rotatable bonds is 4. The number of amides is 1. The summed E-state index contributed by atoms with van der Waals surface area (Å²) in [5, 5.41) is 2.10. The molecule has 1 heterocycles. The molecule has 30 heavy (non-hydrogen) atoms. The zero-order valence-electron chi connectivity index (χ0n) is 17.3. The smallest absolute Gasteiger partial charge is 0.340 e. The van der Waals surface area contributed by atoms with Crippen LogP contribution in [0.2, 0.25) is 0 Å². The van der Waals surface area contributed by atoms with Crippen LogP contribution in [-0.2, 0) is 14.3 Å². The largest absolute Gasteiger partial charge is 0.465 e. The molecular formula is C26H23NO3. The molecule has 1 amide bonds. The second kappa shape index (κ2) is 7.99. The lowest BCUT2D eigenvalue weighted by Crippen LogP contribution is -2.28. The summed E-state index contributed by atoms with van der Waals surface area (Å²) in [4.78, 5) is 27.8.